The van der Waals surface area contributed by atoms with E-state index < -0.39 is 0 Å². The SMILES string of the molecule is CC(CCN(C)C)NCc1cc(F)ccc1C#N. The first-order chi connectivity index (χ1) is 8.52. The molecule has 0 saturated carbocycles. The van der Waals surface area contributed by atoms with E-state index in [9.17, 15) is 4.39 Å². The molecule has 1 unspecified atom stereocenters. The lowest BCUT2D eigenvalue weighted by molar-refractivity contribution is 0.365. The van der Waals surface area contributed by atoms with E-state index >= 15 is 0 Å². The van der Waals surface area contributed by atoms with Crippen molar-refractivity contribution in [3.05, 3.63) is 35.1 Å². The van der Waals surface area contributed by atoms with Gasteiger partial charge in [0.05, 0.1) is 11.6 Å². The number of nitrogens with one attached hydrogen (secondary N) is 1. The van der Waals surface area contributed by atoms with Gasteiger partial charge in [0.2, 0.25) is 0 Å². The van der Waals surface area contributed by atoms with Crippen LogP contribution in [-0.2, 0) is 6.54 Å². The van der Waals surface area contributed by atoms with Crippen LogP contribution in [0, 0.1) is 17.1 Å². The summed E-state index contributed by atoms with van der Waals surface area (Å²) in [6.07, 6.45) is 1.02. The van der Waals surface area contributed by atoms with Crippen LogP contribution in [0.25, 0.3) is 0 Å². The first-order valence-corrected chi connectivity index (χ1v) is 6.09. The topological polar surface area (TPSA) is 39.1 Å². The van der Waals surface area contributed by atoms with E-state index in [0.29, 0.717) is 23.7 Å². The summed E-state index contributed by atoms with van der Waals surface area (Å²) in [5.41, 5.74) is 1.25. The van der Waals surface area contributed by atoms with Crippen molar-refractivity contribution in [2.75, 3.05) is 20.6 Å². The van der Waals surface area contributed by atoms with Crippen molar-refractivity contribution >= 4 is 0 Å². The third-order valence-electron chi connectivity index (χ3n) is 2.84. The third kappa shape index (κ3) is 4.82. The van der Waals surface area contributed by atoms with Gasteiger partial charge in [-0.25, -0.2) is 4.39 Å². The van der Waals surface area contributed by atoms with Crippen LogP contribution in [0.2, 0.25) is 0 Å². The lowest BCUT2D eigenvalue weighted by Gasteiger charge is -2.17. The normalized spacial score (nSPS) is 12.4. The quantitative estimate of drug-likeness (QED) is 0.839. The zero-order chi connectivity index (χ0) is 13.5. The zero-order valence-electron chi connectivity index (χ0n) is 11.2. The second-order valence-corrected chi connectivity index (χ2v) is 4.79. The van der Waals surface area contributed by atoms with Gasteiger partial charge < -0.3 is 10.2 Å². The highest BCUT2D eigenvalue weighted by Crippen LogP contribution is 2.10. The van der Waals surface area contributed by atoms with Crippen molar-refractivity contribution in [2.45, 2.75) is 25.9 Å². The molecule has 1 aromatic rings. The lowest BCUT2D eigenvalue weighted by atomic mass is 10.1. The van der Waals surface area contributed by atoms with Gasteiger partial charge >= 0.3 is 0 Å². The van der Waals surface area contributed by atoms with Gasteiger partial charge in [-0.1, -0.05) is 0 Å². The van der Waals surface area contributed by atoms with Crippen molar-refractivity contribution < 1.29 is 4.39 Å². The fourth-order valence-electron chi connectivity index (χ4n) is 1.66. The number of rotatable bonds is 6. The summed E-state index contributed by atoms with van der Waals surface area (Å²) in [6, 6.07) is 6.68. The van der Waals surface area contributed by atoms with E-state index in [1.165, 1.54) is 18.2 Å². The van der Waals surface area contributed by atoms with Gasteiger partial charge in [0.15, 0.2) is 0 Å². The summed E-state index contributed by atoms with van der Waals surface area (Å²) in [5.74, 6) is -0.299. The second-order valence-electron chi connectivity index (χ2n) is 4.79. The molecule has 4 heteroatoms. The maximum Gasteiger partial charge on any atom is 0.123 e. The molecule has 0 aliphatic rings. The summed E-state index contributed by atoms with van der Waals surface area (Å²) in [7, 11) is 4.07. The van der Waals surface area contributed by atoms with Gasteiger partial charge in [-0.15, -0.1) is 0 Å². The van der Waals surface area contributed by atoms with E-state index in [1.807, 2.05) is 14.1 Å². The summed E-state index contributed by atoms with van der Waals surface area (Å²) in [5, 5.41) is 12.3. The van der Waals surface area contributed by atoms with Gasteiger partial charge in [-0.2, -0.15) is 5.26 Å². The van der Waals surface area contributed by atoms with Crippen molar-refractivity contribution in [2.24, 2.45) is 0 Å². The predicted octanol–water partition coefficient (Wildman–Crippen LogP) is 2.13. The molecule has 3 nitrogen and oxygen atoms in total. The van der Waals surface area contributed by atoms with Gasteiger partial charge in [-0.3, -0.25) is 0 Å². The van der Waals surface area contributed by atoms with Crippen LogP contribution in [0.15, 0.2) is 18.2 Å². The van der Waals surface area contributed by atoms with E-state index in [1.54, 1.807) is 0 Å². The Hall–Kier alpha value is -1.44. The standard InChI is InChI=1S/C14H20FN3/c1-11(6-7-18(2)3)17-10-13-8-14(15)5-4-12(13)9-16/h4-5,8,11,17H,6-7,10H2,1-3H3. The Balaban J connectivity index is 2.53. The molecule has 98 valence electrons. The number of nitrogens with zero attached hydrogens (tertiary/aromatic N) is 2. The van der Waals surface area contributed by atoms with Crippen LogP contribution in [0.5, 0.6) is 0 Å². The number of halogens is 1. The summed E-state index contributed by atoms with van der Waals surface area (Å²) in [6.45, 7) is 3.62. The van der Waals surface area contributed by atoms with Crippen LogP contribution >= 0.6 is 0 Å². The molecular formula is C14H20FN3. The Kier molecular flexibility index (Phi) is 5.76. The zero-order valence-corrected chi connectivity index (χ0v) is 11.2. The molecule has 0 bridgehead atoms. The summed E-state index contributed by atoms with van der Waals surface area (Å²) in [4.78, 5) is 2.13. The molecule has 0 amide bonds. The number of hydrogen-bond acceptors (Lipinski definition) is 3. The fraction of sp³-hybridized carbons (Fsp3) is 0.500. The number of hydrogen-bond donors (Lipinski definition) is 1. The van der Waals surface area contributed by atoms with Crippen molar-refractivity contribution in [1.29, 1.82) is 5.26 Å². The molecule has 1 aromatic carbocycles. The van der Waals surface area contributed by atoms with Crippen molar-refractivity contribution in [3.8, 4) is 6.07 Å². The van der Waals surface area contributed by atoms with Gasteiger partial charge in [0.25, 0.3) is 0 Å². The molecule has 1 N–H and O–H groups in total. The molecular weight excluding hydrogens is 229 g/mol. The monoisotopic (exact) mass is 249 g/mol. The Bertz CT molecular complexity index is 424. The first kappa shape index (κ1) is 14.6. The molecule has 0 heterocycles. The average Bonchev–Trinajstić information content (AvgIpc) is 2.34. The Morgan fingerprint density at radius 3 is 2.78 bits per heavy atom. The molecule has 0 aliphatic carbocycles. The Labute approximate surface area is 108 Å². The maximum atomic E-state index is 13.1. The molecule has 1 rings (SSSR count). The molecule has 0 aromatic heterocycles. The third-order valence-corrected chi connectivity index (χ3v) is 2.84. The van der Waals surface area contributed by atoms with Gasteiger partial charge in [0.1, 0.15) is 5.82 Å². The molecule has 0 aliphatic heterocycles. The van der Waals surface area contributed by atoms with Gasteiger partial charge in [0, 0.05) is 12.6 Å². The highest BCUT2D eigenvalue weighted by Gasteiger charge is 2.06. The molecule has 0 saturated heterocycles. The number of benzene rings is 1. The predicted molar refractivity (Wildman–Crippen MR) is 70.6 cm³/mol. The van der Waals surface area contributed by atoms with Crippen LogP contribution in [0.1, 0.15) is 24.5 Å². The highest BCUT2D eigenvalue weighted by molar-refractivity contribution is 5.37. The number of nitriles is 1. The molecule has 0 spiro atoms. The van der Waals surface area contributed by atoms with E-state index in [4.69, 9.17) is 5.26 Å². The van der Waals surface area contributed by atoms with Crippen molar-refractivity contribution in [1.82, 2.24) is 10.2 Å². The molecule has 18 heavy (non-hydrogen) atoms. The molecule has 0 fully saturated rings. The average molecular weight is 249 g/mol. The Morgan fingerprint density at radius 2 is 2.17 bits per heavy atom. The lowest BCUT2D eigenvalue weighted by Crippen LogP contribution is -2.29. The van der Waals surface area contributed by atoms with Crippen LogP contribution in [0.4, 0.5) is 4.39 Å². The minimum absolute atomic E-state index is 0.299. The molecule has 0 radical (unpaired) electrons. The first-order valence-electron chi connectivity index (χ1n) is 6.09. The minimum atomic E-state index is -0.299. The van der Waals surface area contributed by atoms with Crippen LogP contribution in [-0.4, -0.2) is 31.6 Å². The summed E-state index contributed by atoms with van der Waals surface area (Å²) < 4.78 is 13.1. The fourth-order valence-corrected chi connectivity index (χ4v) is 1.66. The van der Waals surface area contributed by atoms with Crippen molar-refractivity contribution in [3.63, 3.8) is 0 Å². The highest BCUT2D eigenvalue weighted by atomic mass is 19.1. The van der Waals surface area contributed by atoms with E-state index in [0.717, 1.165) is 13.0 Å². The smallest absolute Gasteiger partial charge is 0.123 e. The van der Waals surface area contributed by atoms with E-state index in [2.05, 4.69) is 23.2 Å². The van der Waals surface area contributed by atoms with Crippen LogP contribution < -0.4 is 5.32 Å². The molecule has 1 atom stereocenters. The van der Waals surface area contributed by atoms with Crippen LogP contribution in [0.3, 0.4) is 0 Å². The van der Waals surface area contributed by atoms with Gasteiger partial charge in [-0.05, 0) is 57.7 Å². The second kappa shape index (κ2) is 7.10. The van der Waals surface area contributed by atoms with E-state index in [-0.39, 0.29) is 5.82 Å². The minimum Gasteiger partial charge on any atom is -0.310 e. The Morgan fingerprint density at radius 1 is 1.44 bits per heavy atom. The largest absolute Gasteiger partial charge is 0.310 e. The maximum absolute atomic E-state index is 13.1. The summed E-state index contributed by atoms with van der Waals surface area (Å²) >= 11 is 0.